The van der Waals surface area contributed by atoms with E-state index in [1.54, 1.807) is 14.1 Å². The fraction of sp³-hybridized carbons (Fsp3) is 0.500. The van der Waals surface area contributed by atoms with E-state index in [1.807, 2.05) is 13.8 Å². The summed E-state index contributed by atoms with van der Waals surface area (Å²) in [5, 5.41) is 0. The number of carbonyl (C=O) groups excluding carboxylic acids is 1. The van der Waals surface area contributed by atoms with E-state index in [2.05, 4.69) is 12.1 Å². The summed E-state index contributed by atoms with van der Waals surface area (Å²) in [6.45, 7) is 4.69. The molecule has 2 N–H and O–H groups in total. The van der Waals surface area contributed by atoms with Gasteiger partial charge in [0.1, 0.15) is 5.75 Å². The Morgan fingerprint density at radius 2 is 1.83 bits per heavy atom. The van der Waals surface area contributed by atoms with E-state index in [-0.39, 0.29) is 12.5 Å². The molecule has 0 aliphatic carbocycles. The summed E-state index contributed by atoms with van der Waals surface area (Å²) in [6, 6.07) is 4.13. The summed E-state index contributed by atoms with van der Waals surface area (Å²) in [4.78, 5) is 13.0. The molecule has 0 aromatic heterocycles. The molecule has 1 amide bonds. The summed E-state index contributed by atoms with van der Waals surface area (Å²) < 4.78 is 5.60. The molecule has 0 aliphatic heterocycles. The first kappa shape index (κ1) is 14.5. The lowest BCUT2D eigenvalue weighted by Crippen LogP contribution is -2.27. The molecule has 4 heteroatoms. The largest absolute Gasteiger partial charge is 0.483 e. The average molecular weight is 250 g/mol. The van der Waals surface area contributed by atoms with Crippen LogP contribution < -0.4 is 10.5 Å². The van der Waals surface area contributed by atoms with Gasteiger partial charge in [-0.1, -0.05) is 12.1 Å². The number of amides is 1. The SMILES string of the molecule is Cc1cc(CCN)cc(C)c1OCC(=O)N(C)C. The van der Waals surface area contributed by atoms with Gasteiger partial charge in [-0.2, -0.15) is 0 Å². The molecule has 0 radical (unpaired) electrons. The highest BCUT2D eigenvalue weighted by Crippen LogP contribution is 2.25. The van der Waals surface area contributed by atoms with Crippen LogP contribution in [-0.4, -0.2) is 38.1 Å². The van der Waals surface area contributed by atoms with Gasteiger partial charge in [0, 0.05) is 14.1 Å². The van der Waals surface area contributed by atoms with Gasteiger partial charge >= 0.3 is 0 Å². The van der Waals surface area contributed by atoms with Gasteiger partial charge in [-0.05, 0) is 43.5 Å². The molecule has 1 aromatic rings. The minimum Gasteiger partial charge on any atom is -0.483 e. The molecule has 0 bridgehead atoms. The third kappa shape index (κ3) is 3.74. The van der Waals surface area contributed by atoms with Crippen molar-refractivity contribution < 1.29 is 9.53 Å². The zero-order valence-corrected chi connectivity index (χ0v) is 11.6. The maximum absolute atomic E-state index is 11.5. The Kier molecular flexibility index (Phi) is 5.16. The third-order valence-corrected chi connectivity index (χ3v) is 2.79. The molecule has 1 rings (SSSR count). The van der Waals surface area contributed by atoms with Gasteiger partial charge in [-0.15, -0.1) is 0 Å². The van der Waals surface area contributed by atoms with Gasteiger partial charge in [0.25, 0.3) is 5.91 Å². The lowest BCUT2D eigenvalue weighted by atomic mass is 10.0. The average Bonchev–Trinajstić information content (AvgIpc) is 2.27. The summed E-state index contributed by atoms with van der Waals surface area (Å²) in [5.74, 6) is 0.755. The molecular weight excluding hydrogens is 228 g/mol. The molecule has 1 aromatic carbocycles. The molecule has 4 nitrogen and oxygen atoms in total. The topological polar surface area (TPSA) is 55.6 Å². The maximum atomic E-state index is 11.5. The first-order chi connectivity index (χ1) is 8.45. The normalized spacial score (nSPS) is 10.3. The number of carbonyl (C=O) groups is 1. The van der Waals surface area contributed by atoms with Crippen molar-refractivity contribution in [3.8, 4) is 5.75 Å². The van der Waals surface area contributed by atoms with E-state index in [0.29, 0.717) is 6.54 Å². The van der Waals surface area contributed by atoms with Crippen molar-refractivity contribution in [2.75, 3.05) is 27.2 Å². The number of benzene rings is 1. The summed E-state index contributed by atoms with van der Waals surface area (Å²) in [7, 11) is 3.44. The number of nitrogens with zero attached hydrogens (tertiary/aromatic N) is 1. The van der Waals surface area contributed by atoms with E-state index >= 15 is 0 Å². The predicted molar refractivity (Wildman–Crippen MR) is 72.9 cm³/mol. The molecule has 0 atom stereocenters. The minimum atomic E-state index is -0.0418. The van der Waals surface area contributed by atoms with Gasteiger partial charge in [-0.25, -0.2) is 0 Å². The van der Waals surface area contributed by atoms with Gasteiger partial charge in [0.2, 0.25) is 0 Å². The first-order valence-corrected chi connectivity index (χ1v) is 6.09. The Bertz CT molecular complexity index is 405. The number of ether oxygens (including phenoxy) is 1. The second-order valence-electron chi connectivity index (χ2n) is 4.67. The maximum Gasteiger partial charge on any atom is 0.259 e. The third-order valence-electron chi connectivity index (χ3n) is 2.79. The number of hydrogen-bond donors (Lipinski definition) is 1. The van der Waals surface area contributed by atoms with Crippen LogP contribution in [0.15, 0.2) is 12.1 Å². The second kappa shape index (κ2) is 6.40. The lowest BCUT2D eigenvalue weighted by molar-refractivity contribution is -0.130. The molecule has 0 aliphatic rings. The van der Waals surface area contributed by atoms with Crippen molar-refractivity contribution >= 4 is 5.91 Å². The second-order valence-corrected chi connectivity index (χ2v) is 4.67. The van der Waals surface area contributed by atoms with Gasteiger partial charge in [0.15, 0.2) is 6.61 Å². The highest BCUT2D eigenvalue weighted by Gasteiger charge is 2.10. The van der Waals surface area contributed by atoms with Crippen molar-refractivity contribution in [1.29, 1.82) is 0 Å². The van der Waals surface area contributed by atoms with Crippen LogP contribution in [0.4, 0.5) is 0 Å². The monoisotopic (exact) mass is 250 g/mol. The summed E-state index contributed by atoms with van der Waals surface area (Å²) in [6.07, 6.45) is 0.860. The van der Waals surface area contributed by atoms with Crippen LogP contribution in [0.2, 0.25) is 0 Å². The number of hydrogen-bond acceptors (Lipinski definition) is 3. The molecule has 0 unspecified atom stereocenters. The summed E-state index contributed by atoms with van der Waals surface area (Å²) in [5.41, 5.74) is 8.85. The molecular formula is C14H22N2O2. The molecule has 0 saturated heterocycles. The summed E-state index contributed by atoms with van der Waals surface area (Å²) >= 11 is 0. The molecule has 18 heavy (non-hydrogen) atoms. The van der Waals surface area contributed by atoms with Crippen molar-refractivity contribution in [1.82, 2.24) is 4.90 Å². The number of rotatable bonds is 5. The highest BCUT2D eigenvalue weighted by molar-refractivity contribution is 5.77. The Balaban J connectivity index is 2.80. The van der Waals surface area contributed by atoms with Gasteiger partial charge < -0.3 is 15.4 Å². The van der Waals surface area contributed by atoms with Crippen LogP contribution in [0, 0.1) is 13.8 Å². The first-order valence-electron chi connectivity index (χ1n) is 6.09. The van der Waals surface area contributed by atoms with Crippen molar-refractivity contribution in [3.63, 3.8) is 0 Å². The van der Waals surface area contributed by atoms with Crippen LogP contribution >= 0.6 is 0 Å². The van der Waals surface area contributed by atoms with Crippen LogP contribution in [0.1, 0.15) is 16.7 Å². The highest BCUT2D eigenvalue weighted by atomic mass is 16.5. The lowest BCUT2D eigenvalue weighted by Gasteiger charge is -2.15. The van der Waals surface area contributed by atoms with Crippen LogP contribution in [0.5, 0.6) is 5.75 Å². The Hall–Kier alpha value is -1.55. The number of aryl methyl sites for hydroxylation is 2. The van der Waals surface area contributed by atoms with E-state index in [4.69, 9.17) is 10.5 Å². The smallest absolute Gasteiger partial charge is 0.259 e. The van der Waals surface area contributed by atoms with E-state index < -0.39 is 0 Å². The van der Waals surface area contributed by atoms with Gasteiger partial charge in [0.05, 0.1) is 0 Å². The van der Waals surface area contributed by atoms with Crippen molar-refractivity contribution in [2.24, 2.45) is 5.73 Å². The van der Waals surface area contributed by atoms with Crippen molar-refractivity contribution in [2.45, 2.75) is 20.3 Å². The van der Waals surface area contributed by atoms with E-state index in [9.17, 15) is 4.79 Å². The Labute approximate surface area is 109 Å². The predicted octanol–water partition coefficient (Wildman–Crippen LogP) is 1.27. The Morgan fingerprint density at radius 3 is 2.28 bits per heavy atom. The molecule has 0 heterocycles. The van der Waals surface area contributed by atoms with Crippen LogP contribution in [0.25, 0.3) is 0 Å². The molecule has 0 fully saturated rings. The fourth-order valence-electron chi connectivity index (χ4n) is 1.84. The zero-order valence-electron chi connectivity index (χ0n) is 11.6. The van der Waals surface area contributed by atoms with Crippen LogP contribution in [-0.2, 0) is 11.2 Å². The molecule has 0 saturated carbocycles. The quantitative estimate of drug-likeness (QED) is 0.856. The standard InChI is InChI=1S/C14H22N2O2/c1-10-7-12(5-6-15)8-11(2)14(10)18-9-13(17)16(3)4/h7-8H,5-6,9,15H2,1-4H3. The number of likely N-dealkylation sites (N-methyl/N-ethyl adjacent to an activating group) is 1. The molecule has 0 spiro atoms. The van der Waals surface area contributed by atoms with Crippen molar-refractivity contribution in [3.05, 3.63) is 28.8 Å². The molecule has 100 valence electrons. The van der Waals surface area contributed by atoms with Crippen LogP contribution in [0.3, 0.4) is 0 Å². The fourth-order valence-corrected chi connectivity index (χ4v) is 1.84. The van der Waals surface area contributed by atoms with E-state index in [0.717, 1.165) is 23.3 Å². The zero-order chi connectivity index (χ0) is 13.7. The number of nitrogens with two attached hydrogens (primary N) is 1. The van der Waals surface area contributed by atoms with Gasteiger partial charge in [-0.3, -0.25) is 4.79 Å². The minimum absolute atomic E-state index is 0.0418. The van der Waals surface area contributed by atoms with E-state index in [1.165, 1.54) is 10.5 Å². The Morgan fingerprint density at radius 1 is 1.28 bits per heavy atom.